The van der Waals surface area contributed by atoms with Crippen LogP contribution >= 0.6 is 15.9 Å². The van der Waals surface area contributed by atoms with E-state index in [1.54, 1.807) is 0 Å². The van der Waals surface area contributed by atoms with Gasteiger partial charge in [-0.05, 0) is 30.5 Å². The van der Waals surface area contributed by atoms with Crippen LogP contribution in [0.25, 0.3) is 11.1 Å². The minimum Gasteiger partial charge on any atom is -0.383 e. The van der Waals surface area contributed by atoms with Gasteiger partial charge in [0.15, 0.2) is 0 Å². The number of pyridine rings is 1. The molecule has 0 radical (unpaired) electrons. The summed E-state index contributed by atoms with van der Waals surface area (Å²) in [5, 5.41) is 9.38. The van der Waals surface area contributed by atoms with Gasteiger partial charge < -0.3 is 5.73 Å². The number of hydrogen-bond acceptors (Lipinski definition) is 3. The van der Waals surface area contributed by atoms with Gasteiger partial charge in [0.05, 0.1) is 0 Å². The van der Waals surface area contributed by atoms with E-state index in [0.717, 1.165) is 33.3 Å². The number of rotatable bonds is 2. The first-order chi connectivity index (χ1) is 9.10. The van der Waals surface area contributed by atoms with Gasteiger partial charge in [-0.15, -0.1) is 0 Å². The van der Waals surface area contributed by atoms with E-state index in [-0.39, 0.29) is 0 Å². The van der Waals surface area contributed by atoms with Gasteiger partial charge in [0.25, 0.3) is 0 Å². The highest BCUT2D eigenvalue weighted by atomic mass is 79.9. The number of nitrogen functional groups attached to an aromatic ring is 1. The SMILES string of the molecule is CCc1c(C)nc(N)c(C#N)c1-c1ccccc1Br. The van der Waals surface area contributed by atoms with E-state index in [9.17, 15) is 5.26 Å². The molecular formula is C15H14BrN3. The fourth-order valence-corrected chi connectivity index (χ4v) is 2.75. The molecule has 0 saturated carbocycles. The number of nitrogens with two attached hydrogens (primary N) is 1. The molecule has 96 valence electrons. The van der Waals surface area contributed by atoms with Crippen LogP contribution in [0.3, 0.4) is 0 Å². The van der Waals surface area contributed by atoms with Crippen LogP contribution in [-0.2, 0) is 6.42 Å². The Morgan fingerprint density at radius 3 is 2.63 bits per heavy atom. The van der Waals surface area contributed by atoms with Crippen molar-refractivity contribution in [1.82, 2.24) is 4.98 Å². The Kier molecular flexibility index (Phi) is 3.87. The Hall–Kier alpha value is -1.86. The van der Waals surface area contributed by atoms with E-state index in [2.05, 4.69) is 33.9 Å². The molecule has 4 heteroatoms. The zero-order valence-corrected chi connectivity index (χ0v) is 12.5. The fraction of sp³-hybridized carbons (Fsp3) is 0.200. The zero-order valence-electron chi connectivity index (χ0n) is 10.9. The van der Waals surface area contributed by atoms with Crippen LogP contribution in [0.4, 0.5) is 5.82 Å². The number of aryl methyl sites for hydroxylation is 1. The maximum absolute atomic E-state index is 9.38. The Morgan fingerprint density at radius 2 is 2.05 bits per heavy atom. The molecule has 1 aromatic heterocycles. The quantitative estimate of drug-likeness (QED) is 0.915. The Morgan fingerprint density at radius 1 is 1.37 bits per heavy atom. The summed E-state index contributed by atoms with van der Waals surface area (Å²) >= 11 is 3.54. The van der Waals surface area contributed by atoms with Gasteiger partial charge in [-0.1, -0.05) is 41.1 Å². The fourth-order valence-electron chi connectivity index (χ4n) is 2.27. The molecular weight excluding hydrogens is 302 g/mol. The molecule has 2 aromatic rings. The minimum absolute atomic E-state index is 0.294. The topological polar surface area (TPSA) is 62.7 Å². The summed E-state index contributed by atoms with van der Waals surface area (Å²) in [5.41, 5.74) is 10.2. The molecule has 3 nitrogen and oxygen atoms in total. The van der Waals surface area contributed by atoms with Crippen LogP contribution < -0.4 is 5.73 Å². The van der Waals surface area contributed by atoms with Crippen molar-refractivity contribution in [2.45, 2.75) is 20.3 Å². The van der Waals surface area contributed by atoms with Crippen LogP contribution in [0.15, 0.2) is 28.7 Å². The van der Waals surface area contributed by atoms with Crippen molar-refractivity contribution in [3.8, 4) is 17.2 Å². The van der Waals surface area contributed by atoms with E-state index in [1.165, 1.54) is 0 Å². The third kappa shape index (κ3) is 2.34. The van der Waals surface area contributed by atoms with Crippen molar-refractivity contribution in [1.29, 1.82) is 5.26 Å². The molecule has 0 spiro atoms. The van der Waals surface area contributed by atoms with Crippen molar-refractivity contribution in [3.63, 3.8) is 0 Å². The van der Waals surface area contributed by atoms with Gasteiger partial charge in [0.1, 0.15) is 17.5 Å². The van der Waals surface area contributed by atoms with Gasteiger partial charge in [0.2, 0.25) is 0 Å². The van der Waals surface area contributed by atoms with E-state index in [0.29, 0.717) is 11.4 Å². The predicted molar refractivity (Wildman–Crippen MR) is 80.6 cm³/mol. The maximum atomic E-state index is 9.38. The van der Waals surface area contributed by atoms with Crippen molar-refractivity contribution >= 4 is 21.7 Å². The lowest BCUT2D eigenvalue weighted by molar-refractivity contribution is 1.05. The van der Waals surface area contributed by atoms with Crippen LogP contribution in [-0.4, -0.2) is 4.98 Å². The van der Waals surface area contributed by atoms with Crippen LogP contribution in [0, 0.1) is 18.3 Å². The average Bonchev–Trinajstić information content (AvgIpc) is 2.38. The number of anilines is 1. The molecule has 0 amide bonds. The molecule has 1 heterocycles. The largest absolute Gasteiger partial charge is 0.383 e. The lowest BCUT2D eigenvalue weighted by atomic mass is 9.93. The van der Waals surface area contributed by atoms with E-state index in [1.807, 2.05) is 31.2 Å². The van der Waals surface area contributed by atoms with Crippen molar-refractivity contribution < 1.29 is 0 Å². The number of hydrogen-bond donors (Lipinski definition) is 1. The molecule has 0 bridgehead atoms. The molecule has 0 unspecified atom stereocenters. The first-order valence-corrected chi connectivity index (χ1v) is 6.83. The van der Waals surface area contributed by atoms with Gasteiger partial charge in [-0.25, -0.2) is 4.98 Å². The number of benzene rings is 1. The molecule has 0 aliphatic rings. The Bertz CT molecular complexity index is 672. The highest BCUT2D eigenvalue weighted by molar-refractivity contribution is 9.10. The second-order valence-electron chi connectivity index (χ2n) is 4.26. The van der Waals surface area contributed by atoms with E-state index < -0.39 is 0 Å². The first kappa shape index (κ1) is 13.6. The molecule has 2 N–H and O–H groups in total. The third-order valence-electron chi connectivity index (χ3n) is 3.14. The summed E-state index contributed by atoms with van der Waals surface area (Å²) in [6.45, 7) is 3.98. The Balaban J connectivity index is 2.89. The normalized spacial score (nSPS) is 10.2. The number of aromatic nitrogens is 1. The standard InChI is InChI=1S/C15H14BrN3/c1-3-10-9(2)19-15(18)12(8-17)14(10)11-6-4-5-7-13(11)16/h4-7H,3H2,1-2H3,(H2,18,19). The molecule has 0 fully saturated rings. The monoisotopic (exact) mass is 315 g/mol. The predicted octanol–water partition coefficient (Wildman–Crippen LogP) is 3.84. The summed E-state index contributed by atoms with van der Waals surface area (Å²) in [6.07, 6.45) is 0.810. The van der Waals surface area contributed by atoms with Crippen LogP contribution in [0.5, 0.6) is 0 Å². The second kappa shape index (κ2) is 5.41. The van der Waals surface area contributed by atoms with Gasteiger partial charge >= 0.3 is 0 Å². The van der Waals surface area contributed by atoms with Gasteiger partial charge in [-0.3, -0.25) is 0 Å². The van der Waals surface area contributed by atoms with Crippen molar-refractivity contribution in [2.75, 3.05) is 5.73 Å². The third-order valence-corrected chi connectivity index (χ3v) is 3.83. The molecule has 0 aliphatic heterocycles. The number of nitrogens with zero attached hydrogens (tertiary/aromatic N) is 2. The highest BCUT2D eigenvalue weighted by Gasteiger charge is 2.18. The summed E-state index contributed by atoms with van der Waals surface area (Å²) in [5.74, 6) is 0.294. The van der Waals surface area contributed by atoms with Gasteiger partial charge in [-0.2, -0.15) is 5.26 Å². The smallest absolute Gasteiger partial charge is 0.142 e. The molecule has 19 heavy (non-hydrogen) atoms. The molecule has 0 saturated heterocycles. The summed E-state index contributed by atoms with van der Waals surface area (Å²) in [4.78, 5) is 4.27. The lowest BCUT2D eigenvalue weighted by Crippen LogP contribution is -2.05. The second-order valence-corrected chi connectivity index (χ2v) is 5.11. The molecule has 1 aromatic carbocycles. The Labute approximate surface area is 121 Å². The van der Waals surface area contributed by atoms with Crippen LogP contribution in [0.1, 0.15) is 23.7 Å². The maximum Gasteiger partial charge on any atom is 0.142 e. The number of nitriles is 1. The summed E-state index contributed by atoms with van der Waals surface area (Å²) < 4.78 is 0.950. The highest BCUT2D eigenvalue weighted by Crippen LogP contribution is 2.36. The van der Waals surface area contributed by atoms with Crippen molar-refractivity contribution in [3.05, 3.63) is 45.6 Å². The molecule has 0 aliphatic carbocycles. The lowest BCUT2D eigenvalue weighted by Gasteiger charge is -2.15. The van der Waals surface area contributed by atoms with E-state index in [4.69, 9.17) is 5.73 Å². The zero-order chi connectivity index (χ0) is 14.0. The summed E-state index contributed by atoms with van der Waals surface area (Å²) in [7, 11) is 0. The van der Waals surface area contributed by atoms with Crippen molar-refractivity contribution in [2.24, 2.45) is 0 Å². The first-order valence-electron chi connectivity index (χ1n) is 6.04. The number of halogens is 1. The van der Waals surface area contributed by atoms with Gasteiger partial charge in [0, 0.05) is 15.7 Å². The van der Waals surface area contributed by atoms with Crippen LogP contribution in [0.2, 0.25) is 0 Å². The molecule has 0 atom stereocenters. The van der Waals surface area contributed by atoms with E-state index >= 15 is 0 Å². The minimum atomic E-state index is 0.294. The molecule has 2 rings (SSSR count). The average molecular weight is 316 g/mol. The summed E-state index contributed by atoms with van der Waals surface area (Å²) in [6, 6.07) is 10.0.